The molecule has 0 saturated heterocycles. The molecule has 0 spiro atoms. The lowest BCUT2D eigenvalue weighted by Gasteiger charge is -2.09. The maximum Gasteiger partial charge on any atom is 0.433 e. The van der Waals surface area contributed by atoms with E-state index >= 15 is 0 Å². The van der Waals surface area contributed by atoms with E-state index in [1.165, 1.54) is 30.6 Å². The molecule has 0 bridgehead atoms. The minimum atomic E-state index is -4.63. The number of aromatic nitrogens is 3. The molecule has 0 radical (unpaired) electrons. The van der Waals surface area contributed by atoms with Crippen molar-refractivity contribution in [1.82, 2.24) is 15.2 Å². The Morgan fingerprint density at radius 2 is 1.83 bits per heavy atom. The van der Waals surface area contributed by atoms with Crippen molar-refractivity contribution in [2.24, 2.45) is 0 Å². The molecule has 0 saturated carbocycles. The molecule has 1 amide bonds. The van der Waals surface area contributed by atoms with Gasteiger partial charge in [-0.05, 0) is 17.7 Å². The van der Waals surface area contributed by atoms with Crippen molar-refractivity contribution >= 4 is 11.7 Å². The van der Waals surface area contributed by atoms with Gasteiger partial charge in [0.25, 0.3) is 5.91 Å². The zero-order chi connectivity index (χ0) is 17.2. The highest BCUT2D eigenvalue weighted by Gasteiger charge is 2.38. The maximum absolute atomic E-state index is 13.2. The van der Waals surface area contributed by atoms with E-state index < -0.39 is 17.8 Å². The Labute approximate surface area is 134 Å². The number of alkyl halides is 3. The summed E-state index contributed by atoms with van der Waals surface area (Å²) in [6, 6.07) is 11.0. The van der Waals surface area contributed by atoms with E-state index in [9.17, 15) is 18.0 Å². The molecule has 0 atom stereocenters. The normalized spacial score (nSPS) is 11.3. The molecule has 8 heteroatoms. The quantitative estimate of drug-likeness (QED) is 0.767. The van der Waals surface area contributed by atoms with Crippen molar-refractivity contribution < 1.29 is 18.0 Å². The van der Waals surface area contributed by atoms with E-state index in [-0.39, 0.29) is 16.9 Å². The summed E-state index contributed by atoms with van der Waals surface area (Å²) in [5.41, 5.74) is -0.719. The fourth-order valence-electron chi connectivity index (χ4n) is 2.20. The Kier molecular flexibility index (Phi) is 4.03. The number of benzene rings is 1. The number of carbonyl (C=O) groups excluding carboxylic acids is 1. The van der Waals surface area contributed by atoms with Crippen molar-refractivity contribution in [2.45, 2.75) is 6.18 Å². The van der Waals surface area contributed by atoms with Crippen LogP contribution < -0.4 is 5.32 Å². The number of carbonyl (C=O) groups is 1. The molecule has 2 N–H and O–H groups in total. The summed E-state index contributed by atoms with van der Waals surface area (Å²) in [5.74, 6) is -0.789. The van der Waals surface area contributed by atoms with E-state index in [1.807, 2.05) is 5.10 Å². The van der Waals surface area contributed by atoms with Gasteiger partial charge in [-0.25, -0.2) is 0 Å². The van der Waals surface area contributed by atoms with E-state index in [0.717, 1.165) is 0 Å². The maximum atomic E-state index is 13.2. The molecule has 122 valence electrons. The first-order valence-corrected chi connectivity index (χ1v) is 6.89. The molecule has 0 aliphatic heterocycles. The van der Waals surface area contributed by atoms with Crippen molar-refractivity contribution in [3.63, 3.8) is 0 Å². The summed E-state index contributed by atoms with van der Waals surface area (Å²) in [6.45, 7) is 0. The molecule has 24 heavy (non-hydrogen) atoms. The second-order valence-corrected chi connectivity index (χ2v) is 4.88. The van der Waals surface area contributed by atoms with Crippen LogP contribution in [0.4, 0.5) is 19.0 Å². The van der Waals surface area contributed by atoms with Crippen molar-refractivity contribution in [2.75, 3.05) is 5.32 Å². The minimum Gasteiger partial charge on any atom is -0.304 e. The topological polar surface area (TPSA) is 70.7 Å². The van der Waals surface area contributed by atoms with Gasteiger partial charge in [0, 0.05) is 12.4 Å². The lowest BCUT2D eigenvalue weighted by atomic mass is 10.0. The number of nitrogens with zero attached hydrogens (tertiary/aromatic N) is 2. The number of halogens is 3. The highest BCUT2D eigenvalue weighted by Crippen LogP contribution is 2.39. The van der Waals surface area contributed by atoms with Crippen LogP contribution in [0.5, 0.6) is 0 Å². The number of hydrogen-bond acceptors (Lipinski definition) is 3. The van der Waals surface area contributed by atoms with Crippen LogP contribution in [-0.2, 0) is 6.18 Å². The number of rotatable bonds is 3. The largest absolute Gasteiger partial charge is 0.433 e. The lowest BCUT2D eigenvalue weighted by Crippen LogP contribution is -2.13. The van der Waals surface area contributed by atoms with Gasteiger partial charge in [0.05, 0.1) is 11.1 Å². The molecule has 0 unspecified atom stereocenters. The highest BCUT2D eigenvalue weighted by molar-refractivity contribution is 6.05. The van der Waals surface area contributed by atoms with Crippen LogP contribution in [0.15, 0.2) is 54.9 Å². The van der Waals surface area contributed by atoms with Crippen LogP contribution >= 0.6 is 0 Å². The monoisotopic (exact) mass is 332 g/mol. The molecule has 2 aromatic heterocycles. The first kappa shape index (κ1) is 15.7. The molecule has 2 heterocycles. The Balaban J connectivity index is 2.03. The van der Waals surface area contributed by atoms with Gasteiger partial charge < -0.3 is 5.32 Å². The number of pyridine rings is 1. The molecule has 5 nitrogen and oxygen atoms in total. The summed E-state index contributed by atoms with van der Waals surface area (Å²) in [4.78, 5) is 16.0. The molecule has 0 fully saturated rings. The zero-order valence-electron chi connectivity index (χ0n) is 12.1. The van der Waals surface area contributed by atoms with E-state index in [0.29, 0.717) is 5.56 Å². The molecular formula is C16H11F3N4O. The fourth-order valence-corrected chi connectivity index (χ4v) is 2.20. The summed E-state index contributed by atoms with van der Waals surface area (Å²) < 4.78 is 39.6. The summed E-state index contributed by atoms with van der Waals surface area (Å²) >= 11 is 0. The molecule has 3 rings (SSSR count). The lowest BCUT2D eigenvalue weighted by molar-refractivity contribution is -0.140. The molecular weight excluding hydrogens is 321 g/mol. The SMILES string of the molecule is O=C(Nc1n[nH]c(C(F)(F)F)c1-c1ccccc1)c1cccnc1. The fraction of sp³-hybridized carbons (Fsp3) is 0.0625. The smallest absolute Gasteiger partial charge is 0.304 e. The van der Waals surface area contributed by atoms with Crippen LogP contribution in [0, 0.1) is 0 Å². The van der Waals surface area contributed by atoms with E-state index in [2.05, 4.69) is 15.4 Å². The predicted molar refractivity (Wildman–Crippen MR) is 81.2 cm³/mol. The molecule has 0 aliphatic rings. The average Bonchev–Trinajstić information content (AvgIpc) is 3.00. The van der Waals surface area contributed by atoms with Crippen molar-refractivity contribution in [3.05, 3.63) is 66.1 Å². The Hall–Kier alpha value is -3.16. The number of anilines is 1. The van der Waals surface area contributed by atoms with Crippen LogP contribution in [-0.4, -0.2) is 21.1 Å². The van der Waals surface area contributed by atoms with Gasteiger partial charge in [0.2, 0.25) is 0 Å². The van der Waals surface area contributed by atoms with Gasteiger partial charge in [-0.1, -0.05) is 30.3 Å². The van der Waals surface area contributed by atoms with Crippen LogP contribution in [0.2, 0.25) is 0 Å². The highest BCUT2D eigenvalue weighted by atomic mass is 19.4. The minimum absolute atomic E-state index is 0.192. The average molecular weight is 332 g/mol. The Bertz CT molecular complexity index is 845. The molecule has 3 aromatic rings. The first-order valence-electron chi connectivity index (χ1n) is 6.89. The second kappa shape index (κ2) is 6.15. The second-order valence-electron chi connectivity index (χ2n) is 4.88. The first-order chi connectivity index (χ1) is 11.5. The number of hydrogen-bond donors (Lipinski definition) is 2. The van der Waals surface area contributed by atoms with Crippen LogP contribution in [0.1, 0.15) is 16.1 Å². The Morgan fingerprint density at radius 1 is 1.08 bits per heavy atom. The van der Waals surface area contributed by atoms with Crippen LogP contribution in [0.3, 0.4) is 0 Å². The Morgan fingerprint density at radius 3 is 2.46 bits per heavy atom. The molecule has 1 aromatic carbocycles. The summed E-state index contributed by atoms with van der Waals surface area (Å²) in [5, 5.41) is 7.99. The van der Waals surface area contributed by atoms with Gasteiger partial charge in [-0.15, -0.1) is 0 Å². The number of nitrogens with one attached hydrogen (secondary N) is 2. The van der Waals surface area contributed by atoms with Gasteiger partial charge in [0.1, 0.15) is 5.69 Å². The third-order valence-electron chi connectivity index (χ3n) is 3.27. The summed E-state index contributed by atoms with van der Waals surface area (Å²) in [6.07, 6.45) is -1.83. The summed E-state index contributed by atoms with van der Waals surface area (Å²) in [7, 11) is 0. The standard InChI is InChI=1S/C16H11F3N4O/c17-16(18,19)13-12(10-5-2-1-3-6-10)14(23-22-13)21-15(24)11-7-4-8-20-9-11/h1-9H,(H2,21,22,23,24). The number of amides is 1. The van der Waals surface area contributed by atoms with Gasteiger partial charge in [-0.2, -0.15) is 18.3 Å². The number of H-pyrrole nitrogens is 1. The third kappa shape index (κ3) is 3.12. The van der Waals surface area contributed by atoms with Gasteiger partial charge in [-0.3, -0.25) is 14.9 Å². The van der Waals surface area contributed by atoms with E-state index in [4.69, 9.17) is 0 Å². The zero-order valence-corrected chi connectivity index (χ0v) is 12.1. The van der Waals surface area contributed by atoms with Crippen molar-refractivity contribution in [3.8, 4) is 11.1 Å². The predicted octanol–water partition coefficient (Wildman–Crippen LogP) is 3.74. The van der Waals surface area contributed by atoms with Gasteiger partial charge in [0.15, 0.2) is 5.82 Å². The van der Waals surface area contributed by atoms with Crippen LogP contribution in [0.25, 0.3) is 11.1 Å². The van der Waals surface area contributed by atoms with Gasteiger partial charge >= 0.3 is 6.18 Å². The number of aromatic amines is 1. The molecule has 0 aliphatic carbocycles. The van der Waals surface area contributed by atoms with Crippen molar-refractivity contribution in [1.29, 1.82) is 0 Å². The third-order valence-corrected chi connectivity index (χ3v) is 3.27. The van der Waals surface area contributed by atoms with E-state index in [1.54, 1.807) is 24.3 Å².